The van der Waals surface area contributed by atoms with Gasteiger partial charge in [0.2, 0.25) is 0 Å². The third kappa shape index (κ3) is 4.29. The molecule has 0 aromatic heterocycles. The maximum atomic E-state index is 8.89. The number of rotatable bonds is 6. The van der Waals surface area contributed by atoms with E-state index in [0.29, 0.717) is 5.46 Å². The Hall–Kier alpha value is -1.10. The highest BCUT2D eigenvalue weighted by Gasteiger charge is 2.09. The molecule has 0 amide bonds. The maximum Gasteiger partial charge on any atom is 0.488 e. The van der Waals surface area contributed by atoms with Crippen LogP contribution in [0.15, 0.2) is 36.9 Å². The van der Waals surface area contributed by atoms with Crippen LogP contribution in [0.25, 0.3) is 0 Å². The molecule has 3 nitrogen and oxygen atoms in total. The molecule has 0 radical (unpaired) electrons. The smallest absolute Gasteiger partial charge is 0.423 e. The predicted molar refractivity (Wildman–Crippen MR) is 62.8 cm³/mol. The first kappa shape index (κ1) is 12.0. The molecule has 0 aliphatic heterocycles. The van der Waals surface area contributed by atoms with Crippen LogP contribution in [0, 0.1) is 0 Å². The third-order valence-corrected chi connectivity index (χ3v) is 2.13. The van der Waals surface area contributed by atoms with Gasteiger partial charge in [0.1, 0.15) is 0 Å². The van der Waals surface area contributed by atoms with E-state index in [1.165, 1.54) is 0 Å². The van der Waals surface area contributed by atoms with Gasteiger partial charge in [-0.2, -0.15) is 0 Å². The fourth-order valence-corrected chi connectivity index (χ4v) is 1.24. The standard InChI is InChI=1S/C11H16BNO2/c1-2-3-8-13-9-10-4-6-11(7-5-10)12(14)15/h2,4-7,13-15H,1,3,8-9H2. The normalized spacial score (nSPS) is 10.0. The Labute approximate surface area is 90.6 Å². The molecule has 0 saturated heterocycles. The maximum absolute atomic E-state index is 8.89. The van der Waals surface area contributed by atoms with E-state index in [0.717, 1.165) is 25.1 Å². The summed E-state index contributed by atoms with van der Waals surface area (Å²) in [6, 6.07) is 7.20. The van der Waals surface area contributed by atoms with Crippen LogP contribution >= 0.6 is 0 Å². The van der Waals surface area contributed by atoms with Gasteiger partial charge in [-0.3, -0.25) is 0 Å². The van der Waals surface area contributed by atoms with Gasteiger partial charge in [0.25, 0.3) is 0 Å². The van der Waals surface area contributed by atoms with Gasteiger partial charge in [0.05, 0.1) is 0 Å². The molecular formula is C11H16BNO2. The summed E-state index contributed by atoms with van der Waals surface area (Å²) < 4.78 is 0. The minimum atomic E-state index is -1.38. The summed E-state index contributed by atoms with van der Waals surface area (Å²) in [5.74, 6) is 0. The highest BCUT2D eigenvalue weighted by molar-refractivity contribution is 6.58. The first-order chi connectivity index (χ1) is 7.24. The van der Waals surface area contributed by atoms with E-state index in [2.05, 4.69) is 11.9 Å². The summed E-state index contributed by atoms with van der Waals surface area (Å²) in [5, 5.41) is 21.0. The average Bonchev–Trinajstić information content (AvgIpc) is 2.25. The Kier molecular flexibility index (Phi) is 5.11. The van der Waals surface area contributed by atoms with E-state index in [1.807, 2.05) is 18.2 Å². The monoisotopic (exact) mass is 205 g/mol. The van der Waals surface area contributed by atoms with Crippen molar-refractivity contribution >= 4 is 12.6 Å². The zero-order valence-electron chi connectivity index (χ0n) is 8.69. The van der Waals surface area contributed by atoms with Crippen molar-refractivity contribution in [3.63, 3.8) is 0 Å². The molecule has 0 saturated carbocycles. The van der Waals surface area contributed by atoms with Gasteiger partial charge in [-0.1, -0.05) is 30.3 Å². The largest absolute Gasteiger partial charge is 0.488 e. The van der Waals surface area contributed by atoms with Gasteiger partial charge < -0.3 is 15.4 Å². The zero-order valence-corrected chi connectivity index (χ0v) is 8.69. The minimum absolute atomic E-state index is 0.518. The van der Waals surface area contributed by atoms with Crippen molar-refractivity contribution in [2.75, 3.05) is 6.54 Å². The van der Waals surface area contributed by atoms with E-state index in [4.69, 9.17) is 10.0 Å². The van der Waals surface area contributed by atoms with E-state index < -0.39 is 7.12 Å². The average molecular weight is 205 g/mol. The fourth-order valence-electron chi connectivity index (χ4n) is 1.24. The lowest BCUT2D eigenvalue weighted by Crippen LogP contribution is -2.29. The molecule has 1 aromatic rings. The van der Waals surface area contributed by atoms with Crippen LogP contribution in [0.1, 0.15) is 12.0 Å². The molecule has 0 aliphatic rings. The number of nitrogens with one attached hydrogen (secondary N) is 1. The molecule has 4 heteroatoms. The van der Waals surface area contributed by atoms with Gasteiger partial charge in [0.15, 0.2) is 0 Å². The van der Waals surface area contributed by atoms with Crippen molar-refractivity contribution in [2.45, 2.75) is 13.0 Å². The van der Waals surface area contributed by atoms with E-state index in [1.54, 1.807) is 12.1 Å². The van der Waals surface area contributed by atoms with Crippen LogP contribution in [0.3, 0.4) is 0 Å². The molecule has 15 heavy (non-hydrogen) atoms. The molecule has 0 fully saturated rings. The molecule has 0 bridgehead atoms. The quantitative estimate of drug-likeness (QED) is 0.349. The molecule has 0 spiro atoms. The van der Waals surface area contributed by atoms with E-state index in [-0.39, 0.29) is 0 Å². The SMILES string of the molecule is C=CCCNCc1ccc(B(O)O)cc1. The second-order valence-electron chi connectivity index (χ2n) is 3.37. The van der Waals surface area contributed by atoms with Crippen LogP contribution in [0.2, 0.25) is 0 Å². The van der Waals surface area contributed by atoms with Crippen LogP contribution in [-0.4, -0.2) is 23.7 Å². The minimum Gasteiger partial charge on any atom is -0.423 e. The molecule has 0 atom stereocenters. The second kappa shape index (κ2) is 6.40. The summed E-state index contributed by atoms with van der Waals surface area (Å²) in [6.45, 7) is 5.34. The first-order valence-corrected chi connectivity index (χ1v) is 5.00. The Bertz CT molecular complexity index is 298. The van der Waals surface area contributed by atoms with E-state index >= 15 is 0 Å². The first-order valence-electron chi connectivity index (χ1n) is 5.00. The topological polar surface area (TPSA) is 52.5 Å². The summed E-state index contributed by atoms with van der Waals surface area (Å²) >= 11 is 0. The molecule has 0 aliphatic carbocycles. The molecule has 0 unspecified atom stereocenters. The van der Waals surface area contributed by atoms with Crippen molar-refractivity contribution in [2.24, 2.45) is 0 Å². The van der Waals surface area contributed by atoms with Crippen molar-refractivity contribution in [1.82, 2.24) is 5.32 Å². The Balaban J connectivity index is 2.39. The lowest BCUT2D eigenvalue weighted by Gasteiger charge is -2.04. The number of hydrogen-bond donors (Lipinski definition) is 3. The molecule has 0 heterocycles. The van der Waals surface area contributed by atoms with Gasteiger partial charge in [-0.15, -0.1) is 6.58 Å². The Morgan fingerprint density at radius 1 is 1.27 bits per heavy atom. The summed E-state index contributed by atoms with van der Waals surface area (Å²) in [4.78, 5) is 0. The summed E-state index contributed by atoms with van der Waals surface area (Å²) in [5.41, 5.74) is 1.65. The van der Waals surface area contributed by atoms with Crippen LogP contribution in [0.5, 0.6) is 0 Å². The highest BCUT2D eigenvalue weighted by Crippen LogP contribution is 1.96. The van der Waals surface area contributed by atoms with Gasteiger partial charge >= 0.3 is 7.12 Å². The fraction of sp³-hybridized carbons (Fsp3) is 0.273. The van der Waals surface area contributed by atoms with Crippen molar-refractivity contribution < 1.29 is 10.0 Å². The van der Waals surface area contributed by atoms with Crippen molar-refractivity contribution in [3.8, 4) is 0 Å². The zero-order chi connectivity index (χ0) is 11.1. The van der Waals surface area contributed by atoms with E-state index in [9.17, 15) is 0 Å². The highest BCUT2D eigenvalue weighted by atomic mass is 16.4. The van der Waals surface area contributed by atoms with Crippen LogP contribution in [-0.2, 0) is 6.54 Å². The lowest BCUT2D eigenvalue weighted by molar-refractivity contribution is 0.426. The molecular weight excluding hydrogens is 189 g/mol. The van der Waals surface area contributed by atoms with Crippen LogP contribution < -0.4 is 10.8 Å². The summed E-state index contributed by atoms with van der Waals surface area (Å²) in [7, 11) is -1.38. The van der Waals surface area contributed by atoms with Crippen molar-refractivity contribution in [3.05, 3.63) is 42.5 Å². The molecule has 3 N–H and O–H groups in total. The number of benzene rings is 1. The molecule has 80 valence electrons. The molecule has 1 rings (SSSR count). The van der Waals surface area contributed by atoms with Crippen molar-refractivity contribution in [1.29, 1.82) is 0 Å². The third-order valence-electron chi connectivity index (χ3n) is 2.13. The number of hydrogen-bond acceptors (Lipinski definition) is 3. The lowest BCUT2D eigenvalue weighted by atomic mass is 9.80. The van der Waals surface area contributed by atoms with Gasteiger partial charge in [-0.05, 0) is 24.0 Å². The van der Waals surface area contributed by atoms with Gasteiger partial charge in [-0.25, -0.2) is 0 Å². The van der Waals surface area contributed by atoms with Crippen LogP contribution in [0.4, 0.5) is 0 Å². The Morgan fingerprint density at radius 2 is 1.93 bits per heavy atom. The molecule has 1 aromatic carbocycles. The second-order valence-corrected chi connectivity index (χ2v) is 3.37. The summed E-state index contributed by atoms with van der Waals surface area (Å²) in [6.07, 6.45) is 2.83. The van der Waals surface area contributed by atoms with Gasteiger partial charge in [0, 0.05) is 6.54 Å². The Morgan fingerprint density at radius 3 is 2.47 bits per heavy atom. The predicted octanol–water partition coefficient (Wildman–Crippen LogP) is 0.0321.